The number of hydrogen-bond donors (Lipinski definition) is 4. The Morgan fingerprint density at radius 2 is 1.39 bits per heavy atom. The maximum atomic E-state index is 12.0. The summed E-state index contributed by atoms with van der Waals surface area (Å²) < 4.78 is 21.7. The first-order valence-corrected chi connectivity index (χ1v) is 12.6. The maximum Gasteiger partial charge on any atom is 0.407 e. The number of hydrogen-bond acceptors (Lipinski definition) is 8. The molecule has 0 aliphatic heterocycles. The van der Waals surface area contributed by atoms with E-state index < -0.39 is 0 Å². The fraction of sp³-hybridized carbons (Fsp3) is 0.615. The van der Waals surface area contributed by atoms with Crippen LogP contribution in [0.25, 0.3) is 0 Å². The van der Waals surface area contributed by atoms with Crippen LogP contribution in [0.3, 0.4) is 0 Å². The molecule has 36 heavy (non-hydrogen) atoms. The van der Waals surface area contributed by atoms with Crippen molar-refractivity contribution in [3.63, 3.8) is 0 Å². The van der Waals surface area contributed by atoms with Crippen molar-refractivity contribution < 1.29 is 28.5 Å². The number of ether oxygens (including phenoxy) is 4. The van der Waals surface area contributed by atoms with Crippen molar-refractivity contribution in [2.75, 3.05) is 64.8 Å². The lowest BCUT2D eigenvalue weighted by Crippen LogP contribution is -2.29. The molecule has 1 aromatic carbocycles. The third kappa shape index (κ3) is 10.0. The van der Waals surface area contributed by atoms with Crippen molar-refractivity contribution in [1.29, 1.82) is 0 Å². The van der Waals surface area contributed by atoms with Gasteiger partial charge in [-0.15, -0.1) is 11.8 Å². The Morgan fingerprint density at radius 3 is 1.97 bits per heavy atom. The molecule has 2 amide bonds. The summed E-state index contributed by atoms with van der Waals surface area (Å²) in [6.45, 7) is 3.81. The first kappa shape index (κ1) is 27.7. The minimum Gasteiger partial charge on any atom is -0.449 e. The quantitative estimate of drug-likeness (QED) is 0.117. The summed E-state index contributed by atoms with van der Waals surface area (Å²) in [5.41, 5.74) is 3.81. The standard InChI is InChI=1S/C26H38N4O6/c27-30-21-9-7-20(8-10-21)25(31)28-11-13-33-15-17-35-18-16-34-14-12-29-26(32)36-19-24-22-5-3-1-2-4-6-23(22)24/h7-10,22-24,30H,3-6,11-19,27H2,(H,28,31)(H,29,32). The number of hydrazine groups is 1. The molecule has 0 bridgehead atoms. The zero-order chi connectivity index (χ0) is 25.4. The van der Waals surface area contributed by atoms with Gasteiger partial charge in [-0.3, -0.25) is 10.6 Å². The topological polar surface area (TPSA) is 133 Å². The highest BCUT2D eigenvalue weighted by atomic mass is 16.6. The molecule has 0 spiro atoms. The summed E-state index contributed by atoms with van der Waals surface area (Å²) in [4.78, 5) is 23.9. The number of fused-ring (bicyclic) bond motifs is 1. The van der Waals surface area contributed by atoms with Crippen molar-refractivity contribution >= 4 is 17.7 Å². The molecule has 1 aromatic rings. The number of nitrogens with one attached hydrogen (secondary N) is 3. The molecule has 3 rings (SSSR count). The number of amides is 2. The van der Waals surface area contributed by atoms with Gasteiger partial charge in [0.1, 0.15) is 0 Å². The van der Waals surface area contributed by atoms with Crippen LogP contribution in [0.4, 0.5) is 10.5 Å². The van der Waals surface area contributed by atoms with E-state index >= 15 is 0 Å². The van der Waals surface area contributed by atoms with E-state index in [1.54, 1.807) is 24.3 Å². The van der Waals surface area contributed by atoms with Gasteiger partial charge in [-0.05, 0) is 54.9 Å². The second-order valence-corrected chi connectivity index (χ2v) is 8.76. The van der Waals surface area contributed by atoms with Gasteiger partial charge in [-0.25, -0.2) is 4.79 Å². The van der Waals surface area contributed by atoms with E-state index in [1.165, 1.54) is 0 Å². The minimum atomic E-state index is -0.388. The van der Waals surface area contributed by atoms with Gasteiger partial charge in [-0.1, -0.05) is 0 Å². The van der Waals surface area contributed by atoms with Crippen molar-refractivity contribution in [2.45, 2.75) is 25.7 Å². The Labute approximate surface area is 212 Å². The van der Waals surface area contributed by atoms with Crippen LogP contribution in [-0.4, -0.2) is 71.3 Å². The Bertz CT molecular complexity index is 851. The summed E-state index contributed by atoms with van der Waals surface area (Å²) in [5, 5.41) is 5.50. The molecule has 0 aromatic heterocycles. The molecule has 198 valence electrons. The molecule has 2 atom stereocenters. The highest BCUT2D eigenvalue weighted by Gasteiger charge is 2.49. The first-order valence-electron chi connectivity index (χ1n) is 12.6. The average molecular weight is 503 g/mol. The van der Waals surface area contributed by atoms with Gasteiger partial charge >= 0.3 is 6.09 Å². The molecular formula is C26H38N4O6. The predicted octanol–water partition coefficient (Wildman–Crippen LogP) is 1.92. The zero-order valence-electron chi connectivity index (χ0n) is 20.8. The molecule has 5 N–H and O–H groups in total. The maximum absolute atomic E-state index is 12.0. The number of carbonyl (C=O) groups is 2. The number of nitrogens with two attached hydrogens (primary N) is 1. The normalized spacial score (nSPS) is 20.1. The highest BCUT2D eigenvalue weighted by Crippen LogP contribution is 2.52. The number of anilines is 1. The smallest absolute Gasteiger partial charge is 0.407 e. The Hall–Kier alpha value is -2.84. The van der Waals surface area contributed by atoms with Gasteiger partial charge in [0, 0.05) is 37.2 Å². The van der Waals surface area contributed by atoms with Gasteiger partial charge in [0.2, 0.25) is 0 Å². The van der Waals surface area contributed by atoms with Crippen LogP contribution in [-0.2, 0) is 18.9 Å². The number of carbonyl (C=O) groups excluding carboxylic acids is 2. The molecule has 2 aliphatic rings. The lowest BCUT2D eigenvalue weighted by molar-refractivity contribution is 0.0156. The van der Waals surface area contributed by atoms with Crippen molar-refractivity contribution in [2.24, 2.45) is 23.6 Å². The molecule has 2 aliphatic carbocycles. The predicted molar refractivity (Wildman–Crippen MR) is 135 cm³/mol. The van der Waals surface area contributed by atoms with Crippen molar-refractivity contribution in [1.82, 2.24) is 10.6 Å². The van der Waals surface area contributed by atoms with E-state index in [0.717, 1.165) is 31.4 Å². The number of nitrogen functional groups attached to an aromatic ring is 1. The summed E-state index contributed by atoms with van der Waals surface area (Å²) in [7, 11) is 0. The molecule has 2 unspecified atom stereocenters. The van der Waals surface area contributed by atoms with Crippen LogP contribution in [0.5, 0.6) is 0 Å². The summed E-state index contributed by atoms with van der Waals surface area (Å²) >= 11 is 0. The van der Waals surface area contributed by atoms with E-state index in [9.17, 15) is 9.59 Å². The second-order valence-electron chi connectivity index (χ2n) is 8.76. The number of alkyl carbamates (subject to hydrolysis) is 1. The van der Waals surface area contributed by atoms with Crippen LogP contribution >= 0.6 is 0 Å². The third-order valence-corrected chi connectivity index (χ3v) is 6.35. The molecule has 1 fully saturated rings. The summed E-state index contributed by atoms with van der Waals surface area (Å²) in [6.07, 6.45) is 3.78. The Balaban J connectivity index is 1.05. The van der Waals surface area contributed by atoms with Crippen LogP contribution in [0, 0.1) is 29.6 Å². The van der Waals surface area contributed by atoms with E-state index in [1.807, 2.05) is 0 Å². The Morgan fingerprint density at radius 1 is 0.833 bits per heavy atom. The molecule has 10 heteroatoms. The van der Waals surface area contributed by atoms with Gasteiger partial charge in [0.05, 0.1) is 46.2 Å². The molecule has 0 radical (unpaired) electrons. The van der Waals surface area contributed by atoms with Gasteiger partial charge in [-0.2, -0.15) is 0 Å². The lowest BCUT2D eigenvalue weighted by atomic mass is 10.1. The fourth-order valence-electron chi connectivity index (χ4n) is 4.33. The zero-order valence-corrected chi connectivity index (χ0v) is 20.8. The van der Waals surface area contributed by atoms with Crippen molar-refractivity contribution in [3.05, 3.63) is 29.8 Å². The van der Waals surface area contributed by atoms with E-state index in [-0.39, 0.29) is 12.0 Å². The lowest BCUT2D eigenvalue weighted by Gasteiger charge is -2.09. The van der Waals surface area contributed by atoms with Crippen LogP contribution in [0.15, 0.2) is 24.3 Å². The summed E-state index contributed by atoms with van der Waals surface area (Å²) in [5.74, 6) is 13.4. The average Bonchev–Trinajstić information content (AvgIpc) is 3.54. The first-order chi connectivity index (χ1) is 17.7. The van der Waals surface area contributed by atoms with E-state index in [0.29, 0.717) is 82.7 Å². The Kier molecular flexibility index (Phi) is 12.3. The van der Waals surface area contributed by atoms with Crippen LogP contribution in [0.2, 0.25) is 0 Å². The second kappa shape index (κ2) is 16.0. The van der Waals surface area contributed by atoms with E-state index in [4.69, 9.17) is 24.8 Å². The van der Waals surface area contributed by atoms with Crippen LogP contribution < -0.4 is 21.9 Å². The molecular weight excluding hydrogens is 464 g/mol. The fourth-order valence-corrected chi connectivity index (χ4v) is 4.33. The van der Waals surface area contributed by atoms with Gasteiger partial charge in [0.15, 0.2) is 0 Å². The molecule has 0 saturated heterocycles. The van der Waals surface area contributed by atoms with Gasteiger partial charge in [0.25, 0.3) is 5.91 Å². The number of benzene rings is 1. The monoisotopic (exact) mass is 502 g/mol. The number of rotatable bonds is 16. The molecule has 1 saturated carbocycles. The SMILES string of the molecule is NNc1ccc(C(=O)NCCOCCOCCOCCNC(=O)OCC2C3CCC#CCCC32)cc1. The van der Waals surface area contributed by atoms with Crippen LogP contribution in [0.1, 0.15) is 36.0 Å². The highest BCUT2D eigenvalue weighted by molar-refractivity contribution is 5.94. The summed E-state index contributed by atoms with van der Waals surface area (Å²) in [6, 6.07) is 6.85. The molecule has 10 nitrogen and oxygen atoms in total. The molecule has 0 heterocycles. The largest absolute Gasteiger partial charge is 0.449 e. The van der Waals surface area contributed by atoms with Gasteiger partial charge < -0.3 is 35.0 Å². The van der Waals surface area contributed by atoms with Crippen molar-refractivity contribution in [3.8, 4) is 11.8 Å². The third-order valence-electron chi connectivity index (χ3n) is 6.35. The minimum absolute atomic E-state index is 0.166. The van der Waals surface area contributed by atoms with E-state index in [2.05, 4.69) is 27.9 Å².